The largest absolute Gasteiger partial charge is 0.334 e. The molecule has 0 aliphatic carbocycles. The Morgan fingerprint density at radius 2 is 2.06 bits per heavy atom. The molecule has 2 aliphatic heterocycles. The standard InChI is InChI=1S/C15H16N2O/c16-9-11-5-7-13-8-6-12-3-1-2-4-14(12)15(18)17(13)10-11/h1-4,11,13H,5-8,10H2/t11-,13+/m0/s1. The van der Waals surface area contributed by atoms with E-state index in [0.717, 1.165) is 36.8 Å². The van der Waals surface area contributed by atoms with Crippen LogP contribution in [0.15, 0.2) is 24.3 Å². The summed E-state index contributed by atoms with van der Waals surface area (Å²) in [7, 11) is 0. The van der Waals surface area contributed by atoms with Crippen LogP contribution in [0.4, 0.5) is 0 Å². The zero-order valence-corrected chi connectivity index (χ0v) is 10.3. The number of aryl methyl sites for hydroxylation is 1. The van der Waals surface area contributed by atoms with Gasteiger partial charge in [0.05, 0.1) is 12.0 Å². The van der Waals surface area contributed by atoms with Crippen LogP contribution in [-0.2, 0) is 6.42 Å². The molecule has 1 fully saturated rings. The van der Waals surface area contributed by atoms with Crippen molar-refractivity contribution >= 4 is 5.91 Å². The molecule has 2 aliphatic rings. The van der Waals surface area contributed by atoms with E-state index in [-0.39, 0.29) is 11.8 Å². The first-order valence-electron chi connectivity index (χ1n) is 6.58. The van der Waals surface area contributed by atoms with Crippen LogP contribution < -0.4 is 0 Å². The van der Waals surface area contributed by atoms with Gasteiger partial charge in [-0.3, -0.25) is 4.79 Å². The molecule has 0 aromatic heterocycles. The van der Waals surface area contributed by atoms with Gasteiger partial charge in [0.2, 0.25) is 0 Å². The third kappa shape index (κ3) is 1.78. The first kappa shape index (κ1) is 11.3. The topological polar surface area (TPSA) is 44.1 Å². The highest BCUT2D eigenvalue weighted by Crippen LogP contribution is 2.30. The molecule has 0 radical (unpaired) electrons. The number of nitrogens with zero attached hydrogens (tertiary/aromatic N) is 2. The molecule has 3 rings (SSSR count). The number of hydrogen-bond donors (Lipinski definition) is 0. The van der Waals surface area contributed by atoms with E-state index in [1.54, 1.807) is 0 Å². The predicted molar refractivity (Wildman–Crippen MR) is 67.9 cm³/mol. The van der Waals surface area contributed by atoms with Crippen molar-refractivity contribution in [3.63, 3.8) is 0 Å². The fraction of sp³-hybridized carbons (Fsp3) is 0.467. The molecule has 0 bridgehead atoms. The Morgan fingerprint density at radius 1 is 1.22 bits per heavy atom. The maximum absolute atomic E-state index is 12.5. The summed E-state index contributed by atoms with van der Waals surface area (Å²) in [6.07, 6.45) is 3.90. The van der Waals surface area contributed by atoms with Crippen LogP contribution in [0, 0.1) is 17.2 Å². The van der Waals surface area contributed by atoms with E-state index >= 15 is 0 Å². The third-order valence-corrected chi connectivity index (χ3v) is 4.14. The van der Waals surface area contributed by atoms with Gasteiger partial charge in [-0.05, 0) is 37.3 Å². The van der Waals surface area contributed by atoms with Crippen molar-refractivity contribution in [3.8, 4) is 6.07 Å². The first-order chi connectivity index (χ1) is 8.79. The van der Waals surface area contributed by atoms with E-state index in [9.17, 15) is 4.79 Å². The number of fused-ring (bicyclic) bond motifs is 2. The average molecular weight is 240 g/mol. The molecule has 0 saturated carbocycles. The van der Waals surface area contributed by atoms with Gasteiger partial charge in [0.1, 0.15) is 0 Å². The second-order valence-electron chi connectivity index (χ2n) is 5.21. The Kier molecular flexibility index (Phi) is 2.79. The molecule has 3 nitrogen and oxygen atoms in total. The van der Waals surface area contributed by atoms with Gasteiger partial charge in [-0.15, -0.1) is 0 Å². The summed E-state index contributed by atoms with van der Waals surface area (Å²) in [5.74, 6) is 0.128. The van der Waals surface area contributed by atoms with Crippen LogP contribution in [0.5, 0.6) is 0 Å². The average Bonchev–Trinajstić information content (AvgIpc) is 2.57. The normalized spacial score (nSPS) is 26.8. The minimum Gasteiger partial charge on any atom is -0.334 e. The summed E-state index contributed by atoms with van der Waals surface area (Å²) in [5.41, 5.74) is 1.99. The van der Waals surface area contributed by atoms with Crippen LogP contribution >= 0.6 is 0 Å². The van der Waals surface area contributed by atoms with E-state index < -0.39 is 0 Å². The number of amides is 1. The molecule has 92 valence electrons. The quantitative estimate of drug-likeness (QED) is 0.698. The SMILES string of the molecule is N#C[C@@H]1CC[C@@H]2CCc3ccccc3C(=O)N2C1. The number of rotatable bonds is 0. The highest BCUT2D eigenvalue weighted by atomic mass is 16.2. The predicted octanol–water partition coefficient (Wildman–Crippen LogP) is 2.38. The Labute approximate surface area is 107 Å². The van der Waals surface area contributed by atoms with Crippen molar-refractivity contribution in [3.05, 3.63) is 35.4 Å². The minimum atomic E-state index is 0.00969. The summed E-state index contributed by atoms with van der Waals surface area (Å²) < 4.78 is 0. The maximum atomic E-state index is 12.5. The minimum absolute atomic E-state index is 0.00969. The molecule has 0 spiro atoms. The van der Waals surface area contributed by atoms with Gasteiger partial charge in [0.25, 0.3) is 5.91 Å². The molecular formula is C15H16N2O. The van der Waals surface area contributed by atoms with Crippen LogP contribution in [0.2, 0.25) is 0 Å². The lowest BCUT2D eigenvalue weighted by Crippen LogP contribution is -2.45. The molecule has 1 saturated heterocycles. The number of piperidine rings is 1. The van der Waals surface area contributed by atoms with Crippen LogP contribution in [0.3, 0.4) is 0 Å². The van der Waals surface area contributed by atoms with Crippen LogP contribution in [-0.4, -0.2) is 23.4 Å². The molecule has 18 heavy (non-hydrogen) atoms. The first-order valence-corrected chi connectivity index (χ1v) is 6.58. The van der Waals surface area contributed by atoms with Gasteiger partial charge in [-0.2, -0.15) is 5.26 Å². The highest BCUT2D eigenvalue weighted by molar-refractivity contribution is 5.96. The van der Waals surface area contributed by atoms with Crippen molar-refractivity contribution in [2.45, 2.75) is 31.7 Å². The molecule has 0 unspecified atom stereocenters. The summed E-state index contributed by atoms with van der Waals surface area (Å²) in [6, 6.07) is 10.5. The molecule has 0 N–H and O–H groups in total. The van der Waals surface area contributed by atoms with Crippen LogP contribution in [0.1, 0.15) is 35.2 Å². The highest BCUT2D eigenvalue weighted by Gasteiger charge is 2.34. The lowest BCUT2D eigenvalue weighted by molar-refractivity contribution is 0.0574. The Bertz CT molecular complexity index is 517. The molecule has 2 heterocycles. The summed E-state index contributed by atoms with van der Waals surface area (Å²) in [5, 5.41) is 9.05. The van der Waals surface area contributed by atoms with Gasteiger partial charge in [-0.1, -0.05) is 18.2 Å². The molecular weight excluding hydrogens is 224 g/mol. The zero-order valence-electron chi connectivity index (χ0n) is 10.3. The maximum Gasteiger partial charge on any atom is 0.254 e. The molecule has 3 heteroatoms. The van der Waals surface area contributed by atoms with Gasteiger partial charge in [-0.25, -0.2) is 0 Å². The summed E-state index contributed by atoms with van der Waals surface area (Å²) in [4.78, 5) is 14.5. The van der Waals surface area contributed by atoms with Crippen molar-refractivity contribution in [2.75, 3.05) is 6.54 Å². The Balaban J connectivity index is 1.95. The van der Waals surface area contributed by atoms with Crippen molar-refractivity contribution in [1.82, 2.24) is 4.90 Å². The number of carbonyl (C=O) groups excluding carboxylic acids is 1. The van der Waals surface area contributed by atoms with E-state index in [1.807, 2.05) is 29.2 Å². The fourth-order valence-corrected chi connectivity index (χ4v) is 3.11. The van der Waals surface area contributed by atoms with Gasteiger partial charge >= 0.3 is 0 Å². The fourth-order valence-electron chi connectivity index (χ4n) is 3.11. The summed E-state index contributed by atoms with van der Waals surface area (Å²) in [6.45, 7) is 0.605. The van der Waals surface area contributed by atoms with Crippen molar-refractivity contribution < 1.29 is 4.79 Å². The van der Waals surface area contributed by atoms with Gasteiger partial charge in [0, 0.05) is 18.2 Å². The monoisotopic (exact) mass is 240 g/mol. The van der Waals surface area contributed by atoms with Gasteiger partial charge in [0.15, 0.2) is 0 Å². The summed E-state index contributed by atoms with van der Waals surface area (Å²) >= 11 is 0. The van der Waals surface area contributed by atoms with E-state index in [2.05, 4.69) is 6.07 Å². The second kappa shape index (κ2) is 4.45. The van der Waals surface area contributed by atoms with Crippen molar-refractivity contribution in [2.24, 2.45) is 5.92 Å². The van der Waals surface area contributed by atoms with Gasteiger partial charge < -0.3 is 4.90 Å². The third-order valence-electron chi connectivity index (χ3n) is 4.14. The van der Waals surface area contributed by atoms with E-state index in [4.69, 9.17) is 5.26 Å². The van der Waals surface area contributed by atoms with E-state index in [1.165, 1.54) is 0 Å². The zero-order chi connectivity index (χ0) is 12.5. The lowest BCUT2D eigenvalue weighted by atomic mass is 9.92. The van der Waals surface area contributed by atoms with E-state index in [0.29, 0.717) is 12.6 Å². The Morgan fingerprint density at radius 3 is 2.89 bits per heavy atom. The number of nitriles is 1. The molecule has 1 aromatic carbocycles. The molecule has 1 amide bonds. The lowest BCUT2D eigenvalue weighted by Gasteiger charge is -2.36. The molecule has 2 atom stereocenters. The number of benzene rings is 1. The number of carbonyl (C=O) groups is 1. The van der Waals surface area contributed by atoms with Crippen LogP contribution in [0.25, 0.3) is 0 Å². The second-order valence-corrected chi connectivity index (χ2v) is 5.21. The van der Waals surface area contributed by atoms with Crippen molar-refractivity contribution in [1.29, 1.82) is 5.26 Å². The Hall–Kier alpha value is -1.82. The number of hydrogen-bond acceptors (Lipinski definition) is 2. The molecule has 1 aromatic rings. The smallest absolute Gasteiger partial charge is 0.254 e.